The van der Waals surface area contributed by atoms with E-state index in [1.807, 2.05) is 36.1 Å². The zero-order valence-corrected chi connectivity index (χ0v) is 14.3. The number of piperazine rings is 1. The van der Waals surface area contributed by atoms with Crippen LogP contribution in [-0.2, 0) is 0 Å². The molecule has 2 atom stereocenters. The average molecular weight is 333 g/mol. The van der Waals surface area contributed by atoms with Crippen LogP contribution < -0.4 is 5.32 Å². The number of hydrogen-bond acceptors (Lipinski definition) is 3. The standard InChI is InChI=1S/C17H21ClN4O/c1-11-12(2)21(9-8-19-11)17(23)14-10-20-22(13(14)3)16-7-5-4-6-15(16)18/h4-7,10-12,19H,8-9H2,1-3H3. The van der Waals surface area contributed by atoms with Crippen molar-refractivity contribution in [2.45, 2.75) is 32.9 Å². The molecule has 1 saturated heterocycles. The summed E-state index contributed by atoms with van der Waals surface area (Å²) in [4.78, 5) is 14.8. The van der Waals surface area contributed by atoms with Crippen molar-refractivity contribution in [1.82, 2.24) is 20.0 Å². The molecule has 0 aliphatic carbocycles. The Balaban J connectivity index is 1.93. The molecule has 1 aliphatic heterocycles. The molecular formula is C17H21ClN4O. The molecule has 122 valence electrons. The molecule has 3 rings (SSSR count). The van der Waals surface area contributed by atoms with Gasteiger partial charge in [-0.2, -0.15) is 5.10 Å². The summed E-state index contributed by atoms with van der Waals surface area (Å²) in [7, 11) is 0. The second-order valence-corrected chi connectivity index (χ2v) is 6.40. The molecule has 0 bridgehead atoms. The van der Waals surface area contributed by atoms with E-state index in [4.69, 9.17) is 11.6 Å². The van der Waals surface area contributed by atoms with Gasteiger partial charge in [-0.15, -0.1) is 0 Å². The lowest BCUT2D eigenvalue weighted by Crippen LogP contribution is -2.57. The smallest absolute Gasteiger partial charge is 0.257 e. The zero-order valence-electron chi connectivity index (χ0n) is 13.6. The van der Waals surface area contributed by atoms with Crippen molar-refractivity contribution in [3.8, 4) is 5.69 Å². The Labute approximate surface area is 141 Å². The minimum Gasteiger partial charge on any atom is -0.333 e. The minimum absolute atomic E-state index is 0.0293. The highest BCUT2D eigenvalue weighted by atomic mass is 35.5. The number of rotatable bonds is 2. The van der Waals surface area contributed by atoms with Crippen LogP contribution in [0.15, 0.2) is 30.5 Å². The number of amides is 1. The molecule has 0 spiro atoms. The lowest BCUT2D eigenvalue weighted by Gasteiger charge is -2.38. The van der Waals surface area contributed by atoms with Gasteiger partial charge in [0.05, 0.1) is 28.2 Å². The number of benzene rings is 1. The lowest BCUT2D eigenvalue weighted by atomic mass is 10.1. The number of nitrogens with one attached hydrogen (secondary N) is 1. The monoisotopic (exact) mass is 332 g/mol. The van der Waals surface area contributed by atoms with Crippen molar-refractivity contribution in [2.24, 2.45) is 0 Å². The average Bonchev–Trinajstić information content (AvgIpc) is 2.91. The van der Waals surface area contributed by atoms with Gasteiger partial charge in [-0.05, 0) is 32.9 Å². The number of hydrogen-bond donors (Lipinski definition) is 1. The van der Waals surface area contributed by atoms with Gasteiger partial charge in [-0.3, -0.25) is 4.79 Å². The van der Waals surface area contributed by atoms with E-state index in [1.165, 1.54) is 0 Å². The summed E-state index contributed by atoms with van der Waals surface area (Å²) in [6, 6.07) is 7.93. The summed E-state index contributed by atoms with van der Waals surface area (Å²) in [5.74, 6) is 0.0293. The second-order valence-electron chi connectivity index (χ2n) is 5.99. The van der Waals surface area contributed by atoms with Gasteiger partial charge < -0.3 is 10.2 Å². The van der Waals surface area contributed by atoms with Gasteiger partial charge in [0.15, 0.2) is 0 Å². The second kappa shape index (κ2) is 6.34. The van der Waals surface area contributed by atoms with Gasteiger partial charge in [-0.25, -0.2) is 4.68 Å². The zero-order chi connectivity index (χ0) is 16.6. The normalized spacial score (nSPS) is 21.5. The first-order valence-electron chi connectivity index (χ1n) is 7.84. The molecule has 1 fully saturated rings. The summed E-state index contributed by atoms with van der Waals surface area (Å²) in [6.45, 7) is 7.60. The Hall–Kier alpha value is -1.85. The maximum absolute atomic E-state index is 12.9. The summed E-state index contributed by atoms with van der Waals surface area (Å²) in [5, 5.41) is 8.38. The van der Waals surface area contributed by atoms with Crippen molar-refractivity contribution in [1.29, 1.82) is 0 Å². The van der Waals surface area contributed by atoms with Crippen LogP contribution in [0.4, 0.5) is 0 Å². The van der Waals surface area contributed by atoms with E-state index in [9.17, 15) is 4.79 Å². The summed E-state index contributed by atoms with van der Waals surface area (Å²) < 4.78 is 1.73. The van der Waals surface area contributed by atoms with Crippen molar-refractivity contribution in [2.75, 3.05) is 13.1 Å². The minimum atomic E-state index is 0.0293. The van der Waals surface area contributed by atoms with E-state index in [-0.39, 0.29) is 18.0 Å². The van der Waals surface area contributed by atoms with E-state index in [0.717, 1.165) is 17.9 Å². The van der Waals surface area contributed by atoms with Crippen molar-refractivity contribution >= 4 is 17.5 Å². The number of aromatic nitrogens is 2. The van der Waals surface area contributed by atoms with E-state index >= 15 is 0 Å². The predicted molar refractivity (Wildman–Crippen MR) is 91.3 cm³/mol. The summed E-state index contributed by atoms with van der Waals surface area (Å²) >= 11 is 6.25. The van der Waals surface area contributed by atoms with Crippen LogP contribution >= 0.6 is 11.6 Å². The van der Waals surface area contributed by atoms with Gasteiger partial charge in [0.2, 0.25) is 0 Å². The van der Waals surface area contributed by atoms with Crippen molar-refractivity contribution < 1.29 is 4.79 Å². The predicted octanol–water partition coefficient (Wildman–Crippen LogP) is 2.66. The maximum atomic E-state index is 12.9. The maximum Gasteiger partial charge on any atom is 0.257 e. The van der Waals surface area contributed by atoms with Crippen LogP contribution in [0.5, 0.6) is 0 Å². The SMILES string of the molecule is Cc1c(C(=O)N2CCNC(C)C2C)cnn1-c1ccccc1Cl. The quantitative estimate of drug-likeness (QED) is 0.919. The Morgan fingerprint density at radius 2 is 2.09 bits per heavy atom. The molecule has 0 radical (unpaired) electrons. The van der Waals surface area contributed by atoms with E-state index < -0.39 is 0 Å². The molecule has 23 heavy (non-hydrogen) atoms. The number of nitrogens with zero attached hydrogens (tertiary/aromatic N) is 3. The Bertz CT molecular complexity index is 727. The highest BCUT2D eigenvalue weighted by molar-refractivity contribution is 6.32. The van der Waals surface area contributed by atoms with Gasteiger partial charge in [0.25, 0.3) is 5.91 Å². The summed E-state index contributed by atoms with van der Waals surface area (Å²) in [5.41, 5.74) is 2.22. The molecule has 2 unspecified atom stereocenters. The molecule has 1 amide bonds. The van der Waals surface area contributed by atoms with Gasteiger partial charge in [-0.1, -0.05) is 23.7 Å². The molecule has 1 N–H and O–H groups in total. The molecule has 1 aromatic carbocycles. The topological polar surface area (TPSA) is 50.2 Å². The largest absolute Gasteiger partial charge is 0.333 e. The van der Waals surface area contributed by atoms with E-state index in [1.54, 1.807) is 10.9 Å². The first kappa shape index (κ1) is 16.0. The fourth-order valence-corrected chi connectivity index (χ4v) is 3.20. The van der Waals surface area contributed by atoms with Crippen LogP contribution in [0.1, 0.15) is 29.9 Å². The molecule has 2 aromatic rings. The molecule has 1 aliphatic rings. The third-order valence-corrected chi connectivity index (χ3v) is 4.94. The Morgan fingerprint density at radius 1 is 1.35 bits per heavy atom. The molecule has 6 heteroatoms. The fraction of sp³-hybridized carbons (Fsp3) is 0.412. The van der Waals surface area contributed by atoms with Crippen LogP contribution in [0.25, 0.3) is 5.69 Å². The first-order valence-corrected chi connectivity index (χ1v) is 8.22. The number of carbonyl (C=O) groups is 1. The van der Waals surface area contributed by atoms with Crippen LogP contribution in [0, 0.1) is 6.92 Å². The van der Waals surface area contributed by atoms with Gasteiger partial charge in [0.1, 0.15) is 0 Å². The number of carbonyl (C=O) groups excluding carboxylic acids is 1. The van der Waals surface area contributed by atoms with Crippen molar-refractivity contribution in [3.05, 3.63) is 46.7 Å². The highest BCUT2D eigenvalue weighted by Gasteiger charge is 2.30. The van der Waals surface area contributed by atoms with Crippen LogP contribution in [0.2, 0.25) is 5.02 Å². The first-order chi connectivity index (χ1) is 11.0. The van der Waals surface area contributed by atoms with Gasteiger partial charge in [0, 0.05) is 25.2 Å². The van der Waals surface area contributed by atoms with Crippen LogP contribution in [0.3, 0.4) is 0 Å². The van der Waals surface area contributed by atoms with Crippen LogP contribution in [-0.4, -0.2) is 45.8 Å². The lowest BCUT2D eigenvalue weighted by molar-refractivity contribution is 0.0602. The van der Waals surface area contributed by atoms with Gasteiger partial charge >= 0.3 is 0 Å². The third-order valence-electron chi connectivity index (χ3n) is 4.62. The third kappa shape index (κ3) is 2.86. The Morgan fingerprint density at radius 3 is 2.83 bits per heavy atom. The molecule has 1 aromatic heterocycles. The fourth-order valence-electron chi connectivity index (χ4n) is 2.98. The summed E-state index contributed by atoms with van der Waals surface area (Å²) in [6.07, 6.45) is 1.64. The molecular weight excluding hydrogens is 312 g/mol. The highest BCUT2D eigenvalue weighted by Crippen LogP contribution is 2.23. The molecule has 0 saturated carbocycles. The number of para-hydroxylation sites is 1. The molecule has 2 heterocycles. The molecule has 5 nitrogen and oxygen atoms in total. The Kier molecular flexibility index (Phi) is 4.41. The van der Waals surface area contributed by atoms with E-state index in [2.05, 4.69) is 24.3 Å². The number of halogens is 1. The van der Waals surface area contributed by atoms with Crippen molar-refractivity contribution in [3.63, 3.8) is 0 Å². The van der Waals surface area contributed by atoms with E-state index in [0.29, 0.717) is 17.1 Å².